The topological polar surface area (TPSA) is 12.0 Å². The van der Waals surface area contributed by atoms with E-state index in [0.717, 1.165) is 6.42 Å². The van der Waals surface area contributed by atoms with Crippen LogP contribution in [0.5, 0.6) is 0 Å². The Balaban J connectivity index is 2.11. The summed E-state index contributed by atoms with van der Waals surface area (Å²) in [7, 11) is 0. The molecule has 1 nitrogen and oxygen atoms in total. The molecule has 2 rings (SSSR count). The highest BCUT2D eigenvalue weighted by Gasteiger charge is 2.24. The quantitative estimate of drug-likeness (QED) is 0.807. The van der Waals surface area contributed by atoms with Gasteiger partial charge in [-0.25, -0.2) is 0 Å². The zero-order chi connectivity index (χ0) is 13.9. The SMILES string of the molecule is CC(NC(Cc1cccs1)c1cccs1)C(C)(C)C. The molecule has 2 aromatic heterocycles. The molecule has 19 heavy (non-hydrogen) atoms. The molecule has 0 bridgehead atoms. The van der Waals surface area contributed by atoms with Crippen molar-refractivity contribution in [1.29, 1.82) is 0 Å². The minimum atomic E-state index is 0.283. The zero-order valence-electron chi connectivity index (χ0n) is 12.1. The molecule has 0 saturated carbocycles. The molecule has 0 aliphatic heterocycles. The summed E-state index contributed by atoms with van der Waals surface area (Å²) in [5.74, 6) is 0. The minimum absolute atomic E-state index is 0.283. The maximum Gasteiger partial charge on any atom is 0.0465 e. The van der Waals surface area contributed by atoms with Crippen LogP contribution in [0, 0.1) is 5.41 Å². The van der Waals surface area contributed by atoms with Gasteiger partial charge in [0.15, 0.2) is 0 Å². The van der Waals surface area contributed by atoms with Crippen molar-refractivity contribution in [3.8, 4) is 0 Å². The van der Waals surface area contributed by atoms with Crippen molar-refractivity contribution >= 4 is 22.7 Å². The van der Waals surface area contributed by atoms with Crippen LogP contribution in [0.25, 0.3) is 0 Å². The molecular weight excluding hydrogens is 270 g/mol. The van der Waals surface area contributed by atoms with Gasteiger partial charge in [0.1, 0.15) is 0 Å². The van der Waals surface area contributed by atoms with Crippen LogP contribution < -0.4 is 5.32 Å². The van der Waals surface area contributed by atoms with Gasteiger partial charge in [0.2, 0.25) is 0 Å². The molecule has 0 amide bonds. The van der Waals surface area contributed by atoms with Crippen LogP contribution in [0.4, 0.5) is 0 Å². The van der Waals surface area contributed by atoms with Gasteiger partial charge in [-0.2, -0.15) is 0 Å². The Labute approximate surface area is 124 Å². The van der Waals surface area contributed by atoms with Gasteiger partial charge in [0.25, 0.3) is 0 Å². The second-order valence-electron chi connectivity index (χ2n) is 6.11. The Kier molecular flexibility index (Phi) is 4.82. The first-order valence-corrected chi connectivity index (χ1v) is 8.54. The van der Waals surface area contributed by atoms with E-state index in [-0.39, 0.29) is 5.41 Å². The van der Waals surface area contributed by atoms with Gasteiger partial charge < -0.3 is 5.32 Å². The van der Waals surface area contributed by atoms with Gasteiger partial charge in [0, 0.05) is 28.3 Å². The van der Waals surface area contributed by atoms with E-state index in [0.29, 0.717) is 12.1 Å². The summed E-state index contributed by atoms with van der Waals surface area (Å²) in [4.78, 5) is 2.89. The number of hydrogen-bond donors (Lipinski definition) is 1. The number of thiophene rings is 2. The van der Waals surface area contributed by atoms with Crippen LogP contribution in [0.1, 0.15) is 43.5 Å². The van der Waals surface area contributed by atoms with Gasteiger partial charge in [-0.05, 0) is 35.2 Å². The lowest BCUT2D eigenvalue weighted by atomic mass is 9.87. The molecule has 2 unspecified atom stereocenters. The molecule has 0 fully saturated rings. The first-order valence-electron chi connectivity index (χ1n) is 6.78. The number of rotatable bonds is 5. The zero-order valence-corrected chi connectivity index (χ0v) is 13.8. The highest BCUT2D eigenvalue weighted by Crippen LogP contribution is 2.28. The summed E-state index contributed by atoms with van der Waals surface area (Å²) in [5, 5.41) is 8.14. The Morgan fingerprint density at radius 1 is 1.11 bits per heavy atom. The third-order valence-electron chi connectivity index (χ3n) is 3.62. The molecule has 2 atom stereocenters. The van der Waals surface area contributed by atoms with Crippen LogP contribution in [0.2, 0.25) is 0 Å². The maximum atomic E-state index is 3.81. The predicted molar refractivity (Wildman–Crippen MR) is 87.1 cm³/mol. The normalized spacial score (nSPS) is 15.4. The van der Waals surface area contributed by atoms with Crippen molar-refractivity contribution in [3.63, 3.8) is 0 Å². The van der Waals surface area contributed by atoms with Crippen LogP contribution in [0.3, 0.4) is 0 Å². The Bertz CT molecular complexity index is 465. The highest BCUT2D eigenvalue weighted by molar-refractivity contribution is 7.10. The third-order valence-corrected chi connectivity index (χ3v) is 5.51. The number of nitrogens with one attached hydrogen (secondary N) is 1. The lowest BCUT2D eigenvalue weighted by Gasteiger charge is -2.32. The van der Waals surface area contributed by atoms with Gasteiger partial charge >= 0.3 is 0 Å². The standard InChI is InChI=1S/C16H23NS2/c1-12(16(2,3)4)17-14(15-8-6-10-19-15)11-13-7-5-9-18-13/h5-10,12,14,17H,11H2,1-4H3. The van der Waals surface area contributed by atoms with Gasteiger partial charge in [0.05, 0.1) is 0 Å². The van der Waals surface area contributed by atoms with Crippen LogP contribution >= 0.6 is 22.7 Å². The molecule has 1 N–H and O–H groups in total. The number of hydrogen-bond acceptors (Lipinski definition) is 3. The monoisotopic (exact) mass is 293 g/mol. The average molecular weight is 294 g/mol. The average Bonchev–Trinajstić information content (AvgIpc) is 2.99. The maximum absolute atomic E-state index is 3.81. The van der Waals surface area contributed by atoms with E-state index in [1.165, 1.54) is 9.75 Å². The first-order chi connectivity index (χ1) is 8.97. The van der Waals surface area contributed by atoms with E-state index in [4.69, 9.17) is 0 Å². The first kappa shape index (κ1) is 14.8. The van der Waals surface area contributed by atoms with Crippen LogP contribution in [0.15, 0.2) is 35.0 Å². The summed E-state index contributed by atoms with van der Waals surface area (Å²) in [6, 6.07) is 9.66. The van der Waals surface area contributed by atoms with Crippen LogP contribution in [-0.2, 0) is 6.42 Å². The molecule has 0 aliphatic carbocycles. The fourth-order valence-corrected chi connectivity index (χ4v) is 3.45. The Hall–Kier alpha value is -0.640. The van der Waals surface area contributed by atoms with Crippen LogP contribution in [-0.4, -0.2) is 6.04 Å². The molecule has 0 aromatic carbocycles. The van der Waals surface area contributed by atoms with Crippen molar-refractivity contribution in [3.05, 3.63) is 44.8 Å². The van der Waals surface area contributed by atoms with E-state index in [2.05, 4.69) is 68.0 Å². The molecule has 0 aliphatic rings. The largest absolute Gasteiger partial charge is 0.306 e. The van der Waals surface area contributed by atoms with Crippen molar-refractivity contribution in [1.82, 2.24) is 5.32 Å². The van der Waals surface area contributed by atoms with E-state index < -0.39 is 0 Å². The lowest BCUT2D eigenvalue weighted by Crippen LogP contribution is -2.40. The summed E-state index contributed by atoms with van der Waals surface area (Å²) in [6.07, 6.45) is 1.08. The molecular formula is C16H23NS2. The Morgan fingerprint density at radius 2 is 1.79 bits per heavy atom. The smallest absolute Gasteiger partial charge is 0.0465 e. The molecule has 0 radical (unpaired) electrons. The van der Waals surface area contributed by atoms with E-state index in [1.807, 2.05) is 22.7 Å². The third kappa shape index (κ3) is 4.16. The molecule has 3 heteroatoms. The second-order valence-corrected chi connectivity index (χ2v) is 8.12. The fourth-order valence-electron chi connectivity index (χ4n) is 1.91. The fraction of sp³-hybridized carbons (Fsp3) is 0.500. The summed E-state index contributed by atoms with van der Waals surface area (Å²) in [5.41, 5.74) is 0.283. The van der Waals surface area contributed by atoms with Gasteiger partial charge in [-0.15, -0.1) is 22.7 Å². The van der Waals surface area contributed by atoms with Gasteiger partial charge in [-0.1, -0.05) is 32.9 Å². The van der Waals surface area contributed by atoms with E-state index in [9.17, 15) is 0 Å². The highest BCUT2D eigenvalue weighted by atomic mass is 32.1. The summed E-state index contributed by atoms with van der Waals surface area (Å²) >= 11 is 3.70. The van der Waals surface area contributed by atoms with Crippen molar-refractivity contribution in [2.45, 2.75) is 46.2 Å². The van der Waals surface area contributed by atoms with Crippen molar-refractivity contribution in [2.75, 3.05) is 0 Å². The molecule has 0 saturated heterocycles. The van der Waals surface area contributed by atoms with Gasteiger partial charge in [-0.3, -0.25) is 0 Å². The minimum Gasteiger partial charge on any atom is -0.306 e. The van der Waals surface area contributed by atoms with Crippen molar-refractivity contribution < 1.29 is 0 Å². The summed E-state index contributed by atoms with van der Waals surface area (Å²) in [6.45, 7) is 9.17. The summed E-state index contributed by atoms with van der Waals surface area (Å²) < 4.78 is 0. The molecule has 2 heterocycles. The molecule has 2 aromatic rings. The second kappa shape index (κ2) is 6.21. The lowest BCUT2D eigenvalue weighted by molar-refractivity contribution is 0.263. The Morgan fingerprint density at radius 3 is 2.32 bits per heavy atom. The predicted octanol–water partition coefficient (Wildman–Crippen LogP) is 5.12. The molecule has 104 valence electrons. The van der Waals surface area contributed by atoms with E-state index >= 15 is 0 Å². The molecule has 0 spiro atoms. The van der Waals surface area contributed by atoms with Crippen molar-refractivity contribution in [2.24, 2.45) is 5.41 Å². The van der Waals surface area contributed by atoms with E-state index in [1.54, 1.807) is 0 Å².